The molecule has 2 aromatic carbocycles. The van der Waals surface area contributed by atoms with Crippen LogP contribution < -0.4 is 0 Å². The second-order valence-corrected chi connectivity index (χ2v) is 12.1. The van der Waals surface area contributed by atoms with Crippen LogP contribution in [-0.4, -0.2) is 61.0 Å². The fourth-order valence-corrected chi connectivity index (χ4v) is 4.95. The summed E-state index contributed by atoms with van der Waals surface area (Å²) in [6, 6.07) is 26.0. The Kier molecular flexibility index (Phi) is 6.73. The summed E-state index contributed by atoms with van der Waals surface area (Å²) in [6.45, 7) is 9.23. The maximum atomic E-state index is 5.80. The Balaban J connectivity index is 1.26. The summed E-state index contributed by atoms with van der Waals surface area (Å²) < 4.78 is 11.6. The maximum absolute atomic E-state index is 5.80. The van der Waals surface area contributed by atoms with E-state index in [1.54, 1.807) is 12.4 Å². The topological polar surface area (TPSA) is 108 Å². The number of aromatic nitrogens is 5. The number of pyridine rings is 2. The van der Waals surface area contributed by atoms with Crippen molar-refractivity contribution in [3.8, 4) is 45.6 Å². The molecule has 0 saturated heterocycles. The first-order chi connectivity index (χ1) is 21.2. The lowest BCUT2D eigenvalue weighted by Gasteiger charge is -2.09. The fourth-order valence-electron chi connectivity index (χ4n) is 4.95. The highest BCUT2D eigenvalue weighted by atomic mass is 16.5. The van der Waals surface area contributed by atoms with Gasteiger partial charge in [0.05, 0.1) is 22.2 Å². The molecule has 0 atom stereocenters. The molecule has 2 aliphatic heterocycles. The zero-order chi connectivity index (χ0) is 30.3. The second kappa shape index (κ2) is 10.8. The molecule has 0 radical (unpaired) electrons. The van der Waals surface area contributed by atoms with Crippen molar-refractivity contribution in [1.82, 2.24) is 24.9 Å². The van der Waals surface area contributed by atoms with Crippen molar-refractivity contribution in [3.05, 3.63) is 102 Å². The third kappa shape index (κ3) is 5.68. The summed E-state index contributed by atoms with van der Waals surface area (Å²) in [4.78, 5) is 33.1. The van der Waals surface area contributed by atoms with E-state index in [1.165, 1.54) is 0 Å². The molecule has 9 nitrogen and oxygen atoms in total. The zero-order valence-electron chi connectivity index (χ0n) is 25.0. The predicted octanol–water partition coefficient (Wildman–Crippen LogP) is 6.44. The van der Waals surface area contributed by atoms with Crippen LogP contribution in [0.3, 0.4) is 0 Å². The first-order valence-corrected chi connectivity index (χ1v) is 14.5. The highest BCUT2D eigenvalue weighted by Crippen LogP contribution is 2.28. The highest BCUT2D eigenvalue weighted by molar-refractivity contribution is 5.96. The molecule has 44 heavy (non-hydrogen) atoms. The Hall–Kier alpha value is -5.31. The standard InChI is InChI=1S/C35H31N7O2/c1-34(2)20-43-32(41-34)25-14-16-27(36-18-25)30-38-29(24-12-10-23(11-13-24)22-8-6-5-7-9-22)39-31(40-30)28-17-15-26(19-37-28)33-42-35(3,4)21-44-33/h5-19H,20-21H2,1-4H3. The molecule has 5 heterocycles. The fraction of sp³-hybridized carbons (Fsp3) is 0.229. The Morgan fingerprint density at radius 3 is 1.34 bits per heavy atom. The molecule has 5 aromatic rings. The van der Waals surface area contributed by atoms with E-state index in [9.17, 15) is 0 Å². The summed E-state index contributed by atoms with van der Waals surface area (Å²) in [6.07, 6.45) is 3.48. The van der Waals surface area contributed by atoms with Crippen LogP contribution in [0.5, 0.6) is 0 Å². The van der Waals surface area contributed by atoms with Gasteiger partial charge in [-0.1, -0.05) is 54.6 Å². The van der Waals surface area contributed by atoms with Crippen molar-refractivity contribution in [3.63, 3.8) is 0 Å². The van der Waals surface area contributed by atoms with E-state index < -0.39 is 0 Å². The van der Waals surface area contributed by atoms with Crippen LogP contribution >= 0.6 is 0 Å². The maximum Gasteiger partial charge on any atom is 0.218 e. The minimum atomic E-state index is -0.253. The van der Waals surface area contributed by atoms with Crippen LogP contribution in [-0.2, 0) is 9.47 Å². The van der Waals surface area contributed by atoms with Gasteiger partial charge in [0.25, 0.3) is 0 Å². The van der Waals surface area contributed by atoms with Gasteiger partial charge in [-0.2, -0.15) is 0 Å². The summed E-state index contributed by atoms with van der Waals surface area (Å²) in [5.41, 5.74) is 5.42. The predicted molar refractivity (Wildman–Crippen MR) is 170 cm³/mol. The number of rotatable bonds is 6. The van der Waals surface area contributed by atoms with Gasteiger partial charge >= 0.3 is 0 Å². The first kappa shape index (κ1) is 27.5. The van der Waals surface area contributed by atoms with E-state index in [4.69, 9.17) is 24.4 Å². The van der Waals surface area contributed by atoms with Crippen molar-refractivity contribution >= 4 is 11.8 Å². The number of aliphatic imine (C=N–C) groups is 2. The molecule has 0 bridgehead atoms. The summed E-state index contributed by atoms with van der Waals surface area (Å²) in [7, 11) is 0. The lowest BCUT2D eigenvalue weighted by molar-refractivity contribution is 0.279. The molecule has 0 unspecified atom stereocenters. The molecule has 0 spiro atoms. The van der Waals surface area contributed by atoms with Crippen molar-refractivity contribution in [2.45, 2.75) is 38.8 Å². The second-order valence-electron chi connectivity index (χ2n) is 12.1. The van der Waals surface area contributed by atoms with E-state index in [-0.39, 0.29) is 11.1 Å². The molecule has 9 heteroatoms. The number of ether oxygens (including phenoxy) is 2. The number of nitrogens with zero attached hydrogens (tertiary/aromatic N) is 7. The van der Waals surface area contributed by atoms with Crippen LogP contribution in [0.25, 0.3) is 45.6 Å². The van der Waals surface area contributed by atoms with Crippen molar-refractivity contribution in [1.29, 1.82) is 0 Å². The average Bonchev–Trinajstić information content (AvgIpc) is 3.62. The quantitative estimate of drug-likeness (QED) is 0.227. The molecule has 0 saturated carbocycles. The minimum Gasteiger partial charge on any atom is -0.475 e. The molecule has 0 amide bonds. The largest absolute Gasteiger partial charge is 0.475 e. The third-order valence-corrected chi connectivity index (χ3v) is 7.30. The van der Waals surface area contributed by atoms with E-state index in [1.807, 2.05) is 82.3 Å². The molecular formula is C35H31N7O2. The Labute approximate surface area is 255 Å². The van der Waals surface area contributed by atoms with Gasteiger partial charge in [0.15, 0.2) is 17.5 Å². The van der Waals surface area contributed by atoms with Crippen LogP contribution in [0.1, 0.15) is 38.8 Å². The monoisotopic (exact) mass is 581 g/mol. The Morgan fingerprint density at radius 1 is 0.477 bits per heavy atom. The van der Waals surface area contributed by atoms with E-state index >= 15 is 0 Å². The summed E-state index contributed by atoms with van der Waals surface area (Å²) in [5.74, 6) is 2.59. The summed E-state index contributed by atoms with van der Waals surface area (Å²) >= 11 is 0. The van der Waals surface area contributed by atoms with Gasteiger partial charge in [-0.05, 0) is 63.1 Å². The van der Waals surface area contributed by atoms with Crippen molar-refractivity contribution in [2.24, 2.45) is 9.98 Å². The number of benzene rings is 2. The van der Waals surface area contributed by atoms with E-state index in [2.05, 4.69) is 44.2 Å². The van der Waals surface area contributed by atoms with Crippen molar-refractivity contribution < 1.29 is 9.47 Å². The van der Waals surface area contributed by atoms with Crippen LogP contribution in [0.15, 0.2) is 101 Å². The van der Waals surface area contributed by atoms with E-state index in [0.717, 1.165) is 27.8 Å². The van der Waals surface area contributed by atoms with Crippen molar-refractivity contribution in [2.75, 3.05) is 13.2 Å². The lowest BCUT2D eigenvalue weighted by atomic mass is 10.0. The first-order valence-electron chi connectivity index (χ1n) is 14.5. The molecule has 2 aliphatic rings. The van der Waals surface area contributed by atoms with Crippen LogP contribution in [0.2, 0.25) is 0 Å². The average molecular weight is 582 g/mol. The molecule has 0 fully saturated rings. The molecule has 218 valence electrons. The summed E-state index contributed by atoms with van der Waals surface area (Å²) in [5, 5.41) is 0. The van der Waals surface area contributed by atoms with Gasteiger partial charge in [0, 0.05) is 18.0 Å². The van der Waals surface area contributed by atoms with Gasteiger partial charge in [-0.15, -0.1) is 0 Å². The van der Waals surface area contributed by atoms with Gasteiger partial charge in [-0.3, -0.25) is 9.97 Å². The highest BCUT2D eigenvalue weighted by Gasteiger charge is 2.28. The van der Waals surface area contributed by atoms with E-state index in [0.29, 0.717) is 53.9 Å². The van der Waals surface area contributed by atoms with Gasteiger partial charge in [-0.25, -0.2) is 24.9 Å². The van der Waals surface area contributed by atoms with Gasteiger partial charge in [0.1, 0.15) is 24.6 Å². The Morgan fingerprint density at radius 2 is 0.909 bits per heavy atom. The zero-order valence-corrected chi connectivity index (χ0v) is 25.0. The molecule has 3 aromatic heterocycles. The molecular weight excluding hydrogens is 550 g/mol. The van der Waals surface area contributed by atoms with Gasteiger partial charge in [0.2, 0.25) is 11.8 Å². The number of hydrogen-bond donors (Lipinski definition) is 0. The lowest BCUT2D eigenvalue weighted by Crippen LogP contribution is -2.17. The van der Waals surface area contributed by atoms with Crippen LogP contribution in [0.4, 0.5) is 0 Å². The molecule has 0 aliphatic carbocycles. The normalized spacial score (nSPS) is 16.5. The van der Waals surface area contributed by atoms with Gasteiger partial charge < -0.3 is 9.47 Å². The molecule has 7 rings (SSSR count). The smallest absolute Gasteiger partial charge is 0.218 e. The molecule has 0 N–H and O–H groups in total. The SMILES string of the molecule is CC1(C)COC(c2ccc(-c3nc(-c4ccc(-c5ccccc5)cc4)nc(-c4ccc(C5=NC(C)(C)CO5)cn4)n3)nc2)=N1. The minimum absolute atomic E-state index is 0.253. The number of hydrogen-bond acceptors (Lipinski definition) is 9. The van der Waals surface area contributed by atoms with Crippen LogP contribution in [0, 0.1) is 0 Å². The third-order valence-electron chi connectivity index (χ3n) is 7.30. The Bertz CT molecular complexity index is 1790.